The van der Waals surface area contributed by atoms with Crippen molar-refractivity contribution in [2.75, 3.05) is 141 Å². The summed E-state index contributed by atoms with van der Waals surface area (Å²) >= 11 is 9.53. The normalized spacial score (nSPS) is 19.8. The number of unbranched alkanes of at least 4 members (excludes halogenated alkanes) is 3. The van der Waals surface area contributed by atoms with E-state index >= 15 is 0 Å². The average molecular weight is 1710 g/mol. The Labute approximate surface area is 701 Å². The van der Waals surface area contributed by atoms with Gasteiger partial charge in [-0.15, -0.1) is 23.1 Å². The smallest absolute Gasteiger partial charge is 0.391 e. The first-order valence-electron chi connectivity index (χ1n) is 40.8. The van der Waals surface area contributed by atoms with Gasteiger partial charge < -0.3 is 45.4 Å². The molecular formula is C86H114ClF3N12O11S4. The molecule has 31 heteroatoms. The zero-order valence-corrected chi connectivity index (χ0v) is 72.2. The predicted octanol–water partition coefficient (Wildman–Crippen LogP) is 12.4. The van der Waals surface area contributed by atoms with Gasteiger partial charge in [0.1, 0.15) is 17.0 Å². The van der Waals surface area contributed by atoms with E-state index in [-0.39, 0.29) is 54.1 Å². The number of thiazole rings is 1. The lowest BCUT2D eigenvalue weighted by atomic mass is 9.71. The topological polar surface area (TPSA) is 267 Å². The van der Waals surface area contributed by atoms with E-state index in [1.807, 2.05) is 116 Å². The van der Waals surface area contributed by atoms with Crippen LogP contribution in [-0.4, -0.2) is 246 Å². The number of amides is 5. The number of anilines is 2. The summed E-state index contributed by atoms with van der Waals surface area (Å²) in [6.45, 7) is 24.0. The number of morpholine rings is 1. The van der Waals surface area contributed by atoms with E-state index in [2.05, 4.69) is 71.5 Å². The van der Waals surface area contributed by atoms with Gasteiger partial charge in [0.15, 0.2) is 0 Å². The molecule has 0 spiro atoms. The van der Waals surface area contributed by atoms with E-state index in [1.54, 1.807) is 35.2 Å². The van der Waals surface area contributed by atoms with Crippen LogP contribution in [0.3, 0.4) is 0 Å². The van der Waals surface area contributed by atoms with E-state index in [0.717, 1.165) is 129 Å². The minimum atomic E-state index is -6.10. The maximum absolute atomic E-state index is 14.4. The second-order valence-electron chi connectivity index (χ2n) is 33.2. The maximum Gasteiger partial charge on any atom is 0.501 e. The summed E-state index contributed by atoms with van der Waals surface area (Å²) in [5, 5.41) is 20.5. The number of nitrogens with zero attached hydrogens (tertiary/aromatic N) is 8. The second kappa shape index (κ2) is 40.7. The molecule has 11 rings (SSSR count). The number of thioether (sulfide) groups is 1. The number of ether oxygens (including phenoxy) is 1. The number of aromatic nitrogens is 1. The molecular weight excluding hydrogens is 1600 g/mol. The molecule has 1 aromatic heterocycles. The second-order valence-corrected chi connectivity index (χ2v) is 39.3. The van der Waals surface area contributed by atoms with E-state index in [0.29, 0.717) is 108 Å². The number of halogens is 4. The highest BCUT2D eigenvalue weighted by molar-refractivity contribution is 7.99. The molecule has 23 nitrogen and oxygen atoms in total. The predicted molar refractivity (Wildman–Crippen MR) is 455 cm³/mol. The highest BCUT2D eigenvalue weighted by atomic mass is 35.5. The maximum atomic E-state index is 14.4. The number of carbonyl (C=O) groups is 5. The van der Waals surface area contributed by atoms with Gasteiger partial charge in [-0.25, -0.2) is 26.5 Å². The summed E-state index contributed by atoms with van der Waals surface area (Å²) in [4.78, 5) is 88.1. The quantitative estimate of drug-likeness (QED) is 0.0183. The molecule has 4 aliphatic heterocycles. The number of sulfonamides is 1. The molecule has 0 radical (unpaired) electrons. The van der Waals surface area contributed by atoms with Crippen LogP contribution in [0.4, 0.5) is 24.5 Å². The standard InChI is InChI=1S/C86H114ClF3N12O11S4/c1-60(62-19-21-64(22-20-62)79-61(2)91-59-115-79)92-82(107)75-53-70(103)57-102(75)83(108)80(84(3,4)5)94-77(104)17-13-8-9-14-18-78(105)101-46-40-98(41-47-101)39-38-96(7)58-85(6)36-33-73(63-23-27-67(87)28-24-63)66(55-85)56-99-42-44-100(45-43-99)69-29-25-65(26-30-69)81(106)95-117(111,112)72-31-32-74(76(54-72)116(109,110)86(88,89)90)93-68(34-37-97-48-50-113-51-49-97)35-52-114-71-15-11-10-12-16-71/h10-12,15-16,19-32,54,59-60,68,70,75,80,93,103H,8-9,13-14,17-18,33-53,55-58H2,1-7H3,(H,92,107)(H,94,104)(H,95,106)/t60-,68+,70+,75-,80+,85?/m0/s1. The number of hydrogen-bond donors (Lipinski definition) is 5. The van der Waals surface area contributed by atoms with Crippen LogP contribution in [0.5, 0.6) is 0 Å². The molecule has 5 aliphatic rings. The summed E-state index contributed by atoms with van der Waals surface area (Å²) in [6, 6.07) is 31.8. The number of benzene rings is 5. The van der Waals surface area contributed by atoms with Gasteiger partial charge in [-0.2, -0.15) is 13.2 Å². The van der Waals surface area contributed by atoms with Crippen molar-refractivity contribution in [1.29, 1.82) is 0 Å². The molecule has 1 unspecified atom stereocenters. The molecule has 5 aromatic carbocycles. The fourth-order valence-electron chi connectivity index (χ4n) is 16.3. The summed E-state index contributed by atoms with van der Waals surface area (Å²) in [7, 11) is -8.82. The molecule has 5 heterocycles. The van der Waals surface area contributed by atoms with Crippen LogP contribution in [0.2, 0.25) is 5.02 Å². The minimum absolute atomic E-state index is 0.000220. The molecule has 0 saturated carbocycles. The van der Waals surface area contributed by atoms with E-state index in [9.17, 15) is 59.1 Å². The van der Waals surface area contributed by atoms with Crippen LogP contribution < -0.4 is 25.6 Å². The first-order valence-corrected chi connectivity index (χ1v) is 46.0. The van der Waals surface area contributed by atoms with Gasteiger partial charge in [0.2, 0.25) is 23.6 Å². The van der Waals surface area contributed by atoms with Crippen molar-refractivity contribution in [3.8, 4) is 10.4 Å². The number of aryl methyl sites for hydroxylation is 1. The lowest BCUT2D eigenvalue weighted by molar-refractivity contribution is -0.144. The van der Waals surface area contributed by atoms with E-state index in [4.69, 9.17) is 16.3 Å². The molecule has 636 valence electrons. The fraction of sp³-hybridized carbons (Fsp3) is 0.535. The summed E-state index contributed by atoms with van der Waals surface area (Å²) in [5.74, 6) is -1.39. The average Bonchev–Trinajstić information content (AvgIpc) is 1.67. The molecule has 5 N–H and O–H groups in total. The van der Waals surface area contributed by atoms with Crippen molar-refractivity contribution in [3.63, 3.8) is 0 Å². The number of likely N-dealkylation sites (N-methyl/N-ethyl adjacent to an activating group) is 1. The van der Waals surface area contributed by atoms with Gasteiger partial charge in [0, 0.05) is 151 Å². The molecule has 117 heavy (non-hydrogen) atoms. The number of rotatable bonds is 35. The van der Waals surface area contributed by atoms with Crippen molar-refractivity contribution in [1.82, 2.24) is 49.7 Å². The number of hydrogen-bond acceptors (Lipinski definition) is 20. The van der Waals surface area contributed by atoms with Crippen LogP contribution >= 0.6 is 34.7 Å². The number of aliphatic hydroxyl groups is 1. The first-order chi connectivity index (χ1) is 55.7. The van der Waals surface area contributed by atoms with Crippen LogP contribution in [0.15, 0.2) is 147 Å². The Morgan fingerprint density at radius 3 is 2.09 bits per heavy atom. The van der Waals surface area contributed by atoms with Gasteiger partial charge in [-0.3, -0.25) is 38.7 Å². The van der Waals surface area contributed by atoms with Crippen molar-refractivity contribution in [3.05, 3.63) is 160 Å². The largest absolute Gasteiger partial charge is 0.501 e. The Bertz CT molecular complexity index is 4620. The minimum Gasteiger partial charge on any atom is -0.391 e. The van der Waals surface area contributed by atoms with Crippen LogP contribution in [0.1, 0.15) is 145 Å². The Balaban J connectivity index is 0.601. The lowest BCUT2D eigenvalue weighted by Gasteiger charge is -2.42. The highest BCUT2D eigenvalue weighted by Gasteiger charge is 2.49. The molecule has 4 saturated heterocycles. The molecule has 5 amide bonds. The lowest BCUT2D eigenvalue weighted by Crippen LogP contribution is -2.57. The van der Waals surface area contributed by atoms with Crippen LogP contribution in [-0.2, 0) is 43.8 Å². The third-order valence-corrected chi connectivity index (χ3v) is 28.2. The van der Waals surface area contributed by atoms with Gasteiger partial charge >= 0.3 is 5.51 Å². The Morgan fingerprint density at radius 1 is 0.778 bits per heavy atom. The molecule has 4 fully saturated rings. The Kier molecular flexibility index (Phi) is 31.4. The monoisotopic (exact) mass is 1710 g/mol. The fourth-order valence-corrected chi connectivity index (χ4v) is 20.3. The summed E-state index contributed by atoms with van der Waals surface area (Å²) in [5.41, 5.74) is 2.52. The number of nitrogens with one attached hydrogen (secondary N) is 4. The number of alkyl halides is 3. The highest BCUT2D eigenvalue weighted by Crippen LogP contribution is 2.45. The summed E-state index contributed by atoms with van der Waals surface area (Å²) in [6.07, 6.45) is 6.41. The van der Waals surface area contributed by atoms with Gasteiger partial charge in [0.05, 0.1) is 52.0 Å². The number of carbonyl (C=O) groups excluding carboxylic acids is 5. The molecule has 1 aliphatic carbocycles. The SMILES string of the molecule is Cc1ncsc1-c1ccc([C@H](C)NC(=O)[C@@H]2C[C@@H](O)CN2C(=O)[C@@H](NC(=O)CCCCCCC(=O)N2CCN(CCN(C)CC3(C)CCC(c4ccc(Cl)cc4)=C(CN4CCN(c5ccc(C(=O)NS(=O)(=O)c6ccc(N[C@@H](CCSc7ccccc7)CCN7CCOCC7)c(S(=O)(=O)C(F)(F)F)c6)cc5)CC4)C3)CC2)C(C)(C)C)cc1. The van der Waals surface area contributed by atoms with E-state index in [1.165, 1.54) is 33.7 Å². The number of allylic oxidation sites excluding steroid dienone is 1. The molecule has 6 atom stereocenters. The van der Waals surface area contributed by atoms with Gasteiger partial charge in [-0.1, -0.05) is 112 Å². The number of likely N-dealkylation sites (tertiary alicyclic amines) is 1. The van der Waals surface area contributed by atoms with Crippen molar-refractivity contribution < 1.29 is 63.8 Å². The summed E-state index contributed by atoms with van der Waals surface area (Å²) < 4.78 is 105. The Morgan fingerprint density at radius 2 is 1.44 bits per heavy atom. The molecule has 6 aromatic rings. The first kappa shape index (κ1) is 90.3. The third kappa shape index (κ3) is 24.9. The number of aliphatic hydroxyl groups excluding tert-OH is 1. The van der Waals surface area contributed by atoms with Crippen LogP contribution in [0.25, 0.3) is 16.0 Å². The number of piperazine rings is 2. The Hall–Kier alpha value is -7.49. The van der Waals surface area contributed by atoms with Crippen LogP contribution in [0, 0.1) is 17.8 Å². The third-order valence-electron chi connectivity index (χ3n) is 23.1. The van der Waals surface area contributed by atoms with E-state index < -0.39 is 82.3 Å². The zero-order chi connectivity index (χ0) is 83.8. The van der Waals surface area contributed by atoms with Crippen molar-refractivity contribution in [2.45, 2.75) is 169 Å². The zero-order valence-electron chi connectivity index (χ0n) is 68.2. The van der Waals surface area contributed by atoms with Crippen molar-refractivity contribution in [2.24, 2.45) is 10.8 Å². The number of sulfone groups is 1. The van der Waals surface area contributed by atoms with Crippen molar-refractivity contribution >= 4 is 101 Å². The van der Waals surface area contributed by atoms with Gasteiger partial charge in [0.25, 0.3) is 25.8 Å². The number of β-amino-alcohol motifs (C(OH)–C–C–N with tert-alkyl or cyclic N) is 1. The molecule has 0 bridgehead atoms. The van der Waals surface area contributed by atoms with Gasteiger partial charge in [-0.05, 0) is 171 Å².